The summed E-state index contributed by atoms with van der Waals surface area (Å²) in [5, 5.41) is 9.88. The van der Waals surface area contributed by atoms with Crippen LogP contribution < -0.4 is 0 Å². The van der Waals surface area contributed by atoms with E-state index in [0.29, 0.717) is 17.7 Å². The number of hydrogen-bond acceptors (Lipinski definition) is 2. The zero-order valence-electron chi connectivity index (χ0n) is 12.0. The SMILES string of the molecule is O=C(c1ccc[nH]1)N1C[C@H](O)C[C@@H]1c1ccc(C(F)(F)F)cc1. The van der Waals surface area contributed by atoms with Gasteiger partial charge in [0.15, 0.2) is 0 Å². The molecule has 1 aromatic heterocycles. The standard InChI is InChI=1S/C16H15F3N2O2/c17-16(18,19)11-5-3-10(4-6-11)14-8-12(22)9-21(14)15(23)13-2-1-7-20-13/h1-7,12,14,20,22H,8-9H2/t12-,14-/m1/s1. The quantitative estimate of drug-likeness (QED) is 0.892. The lowest BCUT2D eigenvalue weighted by atomic mass is 10.0. The Balaban J connectivity index is 1.86. The number of carbonyl (C=O) groups excluding carboxylic acids is 1. The van der Waals surface area contributed by atoms with Crippen LogP contribution in [0.15, 0.2) is 42.6 Å². The van der Waals surface area contributed by atoms with Gasteiger partial charge in [0.2, 0.25) is 0 Å². The summed E-state index contributed by atoms with van der Waals surface area (Å²) in [6.07, 6.45) is -3.17. The van der Waals surface area contributed by atoms with Gasteiger partial charge in [0, 0.05) is 12.7 Å². The average molecular weight is 324 g/mol. The number of rotatable bonds is 2. The largest absolute Gasteiger partial charge is 0.416 e. The van der Waals surface area contributed by atoms with Crippen LogP contribution in [0.5, 0.6) is 0 Å². The van der Waals surface area contributed by atoms with Crippen molar-refractivity contribution in [2.45, 2.75) is 24.7 Å². The fourth-order valence-electron chi connectivity index (χ4n) is 2.87. The monoisotopic (exact) mass is 324 g/mol. The third kappa shape index (κ3) is 3.10. The topological polar surface area (TPSA) is 56.3 Å². The number of β-amino-alcohol motifs (C(OH)–C–C–N with tert-alkyl or cyclic N) is 1. The van der Waals surface area contributed by atoms with Crippen molar-refractivity contribution in [2.75, 3.05) is 6.54 Å². The van der Waals surface area contributed by atoms with E-state index in [1.807, 2.05) is 0 Å². The Morgan fingerprint density at radius 1 is 1.22 bits per heavy atom. The van der Waals surface area contributed by atoms with Crippen LogP contribution in [0, 0.1) is 0 Å². The second-order valence-electron chi connectivity index (χ2n) is 5.57. The van der Waals surface area contributed by atoms with Gasteiger partial charge in [-0.25, -0.2) is 0 Å². The number of aliphatic hydroxyl groups is 1. The van der Waals surface area contributed by atoms with Gasteiger partial charge in [-0.2, -0.15) is 13.2 Å². The van der Waals surface area contributed by atoms with E-state index in [1.165, 1.54) is 17.0 Å². The average Bonchev–Trinajstić information content (AvgIpc) is 3.15. The molecule has 1 fully saturated rings. The minimum Gasteiger partial charge on any atom is -0.391 e. The molecule has 2 N–H and O–H groups in total. The summed E-state index contributed by atoms with van der Waals surface area (Å²) in [6.45, 7) is 0.156. The first-order chi connectivity index (χ1) is 10.9. The van der Waals surface area contributed by atoms with Crippen LogP contribution >= 0.6 is 0 Å². The third-order valence-corrected chi connectivity index (χ3v) is 3.99. The predicted molar refractivity (Wildman–Crippen MR) is 76.6 cm³/mol. The molecule has 1 aliphatic rings. The Kier molecular flexibility index (Phi) is 3.89. The van der Waals surface area contributed by atoms with Crippen molar-refractivity contribution < 1.29 is 23.1 Å². The summed E-state index contributed by atoms with van der Waals surface area (Å²) in [4.78, 5) is 16.8. The number of aromatic nitrogens is 1. The highest BCUT2D eigenvalue weighted by atomic mass is 19.4. The van der Waals surface area contributed by atoms with E-state index >= 15 is 0 Å². The van der Waals surface area contributed by atoms with Gasteiger partial charge < -0.3 is 15.0 Å². The lowest BCUT2D eigenvalue weighted by Gasteiger charge is -2.24. The minimum atomic E-state index is -4.40. The van der Waals surface area contributed by atoms with E-state index in [0.717, 1.165) is 12.1 Å². The van der Waals surface area contributed by atoms with Gasteiger partial charge in [-0.3, -0.25) is 4.79 Å². The molecule has 1 amide bonds. The first-order valence-electron chi connectivity index (χ1n) is 7.16. The van der Waals surface area contributed by atoms with Crippen LogP contribution in [-0.4, -0.2) is 33.5 Å². The fourth-order valence-corrected chi connectivity index (χ4v) is 2.87. The van der Waals surface area contributed by atoms with Gasteiger partial charge in [0.05, 0.1) is 17.7 Å². The Hall–Kier alpha value is -2.28. The number of alkyl halides is 3. The number of H-pyrrole nitrogens is 1. The highest BCUT2D eigenvalue weighted by Gasteiger charge is 2.37. The van der Waals surface area contributed by atoms with Gasteiger partial charge in [0.1, 0.15) is 5.69 Å². The Bertz CT molecular complexity index is 680. The van der Waals surface area contributed by atoms with Crippen molar-refractivity contribution in [2.24, 2.45) is 0 Å². The third-order valence-electron chi connectivity index (χ3n) is 3.99. The molecule has 0 radical (unpaired) electrons. The van der Waals surface area contributed by atoms with Gasteiger partial charge in [-0.1, -0.05) is 12.1 Å². The first kappa shape index (κ1) is 15.6. The van der Waals surface area contributed by atoms with Crippen molar-refractivity contribution in [1.29, 1.82) is 0 Å². The second kappa shape index (κ2) is 5.73. The van der Waals surface area contributed by atoms with E-state index in [-0.39, 0.29) is 12.5 Å². The molecule has 0 spiro atoms. The van der Waals surface area contributed by atoms with E-state index in [1.54, 1.807) is 18.3 Å². The number of nitrogens with zero attached hydrogens (tertiary/aromatic N) is 1. The molecule has 0 unspecified atom stereocenters. The molecule has 7 heteroatoms. The fraction of sp³-hybridized carbons (Fsp3) is 0.312. The van der Waals surface area contributed by atoms with E-state index in [4.69, 9.17) is 0 Å². The summed E-state index contributed by atoms with van der Waals surface area (Å²) in [6, 6.07) is 7.59. The molecular weight excluding hydrogens is 309 g/mol. The number of aliphatic hydroxyl groups excluding tert-OH is 1. The van der Waals surface area contributed by atoms with Crippen molar-refractivity contribution in [3.63, 3.8) is 0 Å². The van der Waals surface area contributed by atoms with Crippen molar-refractivity contribution >= 4 is 5.91 Å². The molecule has 1 aliphatic heterocycles. The van der Waals surface area contributed by atoms with Crippen LogP contribution in [0.2, 0.25) is 0 Å². The number of aromatic amines is 1. The number of halogens is 3. The molecule has 2 atom stereocenters. The highest BCUT2D eigenvalue weighted by molar-refractivity contribution is 5.93. The van der Waals surface area contributed by atoms with Gasteiger partial charge in [0.25, 0.3) is 5.91 Å². The van der Waals surface area contributed by atoms with E-state index in [9.17, 15) is 23.1 Å². The Morgan fingerprint density at radius 3 is 2.48 bits per heavy atom. The maximum Gasteiger partial charge on any atom is 0.416 e. The lowest BCUT2D eigenvalue weighted by Crippen LogP contribution is -2.32. The maximum absolute atomic E-state index is 12.6. The molecular formula is C16H15F3N2O2. The number of amides is 1. The summed E-state index contributed by atoms with van der Waals surface area (Å²) >= 11 is 0. The summed E-state index contributed by atoms with van der Waals surface area (Å²) in [7, 11) is 0. The minimum absolute atomic E-state index is 0.156. The van der Waals surface area contributed by atoms with Crippen LogP contribution in [-0.2, 0) is 6.18 Å². The highest BCUT2D eigenvalue weighted by Crippen LogP contribution is 2.35. The molecule has 1 saturated heterocycles. The molecule has 3 rings (SSSR count). The number of likely N-dealkylation sites (tertiary alicyclic amines) is 1. The molecule has 2 aromatic rings. The normalized spacial score (nSPS) is 21.7. The molecule has 2 heterocycles. The van der Waals surface area contributed by atoms with E-state index < -0.39 is 23.9 Å². The zero-order chi connectivity index (χ0) is 16.6. The number of nitrogens with one attached hydrogen (secondary N) is 1. The number of benzene rings is 1. The smallest absolute Gasteiger partial charge is 0.391 e. The summed E-state index contributed by atoms with van der Waals surface area (Å²) in [5.74, 6) is -0.281. The molecule has 122 valence electrons. The Labute approximate surface area is 130 Å². The van der Waals surface area contributed by atoms with Gasteiger partial charge in [-0.15, -0.1) is 0 Å². The lowest BCUT2D eigenvalue weighted by molar-refractivity contribution is -0.137. The molecule has 0 aliphatic carbocycles. The van der Waals surface area contributed by atoms with Gasteiger partial charge in [-0.05, 0) is 36.2 Å². The second-order valence-corrected chi connectivity index (χ2v) is 5.57. The summed E-state index contributed by atoms with van der Waals surface area (Å²) in [5.41, 5.74) is 0.229. The summed E-state index contributed by atoms with van der Waals surface area (Å²) < 4.78 is 37.9. The van der Waals surface area contributed by atoms with Crippen molar-refractivity contribution in [1.82, 2.24) is 9.88 Å². The van der Waals surface area contributed by atoms with Crippen molar-refractivity contribution in [3.05, 3.63) is 59.4 Å². The zero-order valence-corrected chi connectivity index (χ0v) is 12.0. The van der Waals surface area contributed by atoms with Crippen LogP contribution in [0.3, 0.4) is 0 Å². The molecule has 0 saturated carbocycles. The molecule has 23 heavy (non-hydrogen) atoms. The van der Waals surface area contributed by atoms with Crippen LogP contribution in [0.4, 0.5) is 13.2 Å². The Morgan fingerprint density at radius 2 is 1.91 bits per heavy atom. The molecule has 0 bridgehead atoms. The first-order valence-corrected chi connectivity index (χ1v) is 7.16. The maximum atomic E-state index is 12.6. The van der Waals surface area contributed by atoms with Crippen molar-refractivity contribution in [3.8, 4) is 0 Å². The predicted octanol–water partition coefficient (Wildman–Crippen LogP) is 2.98. The molecule has 1 aromatic carbocycles. The van der Waals surface area contributed by atoms with E-state index in [2.05, 4.69) is 4.98 Å². The van der Waals surface area contributed by atoms with Gasteiger partial charge >= 0.3 is 6.18 Å². The molecule has 4 nitrogen and oxygen atoms in total. The van der Waals surface area contributed by atoms with Crippen LogP contribution in [0.1, 0.15) is 34.1 Å². The number of carbonyl (C=O) groups is 1. The number of hydrogen-bond donors (Lipinski definition) is 2. The van der Waals surface area contributed by atoms with Crippen LogP contribution in [0.25, 0.3) is 0 Å².